The molecular formula is C8H12N2O. The Hall–Kier alpha value is -1.51. The standard InChI is InChI=1S/C8H12N2O/c1-4-5-8(6(2)9)10-7(3)11/h4-5H,1-2,9H2,3H3,(H,10,11)/b8-5+. The van der Waals surface area contributed by atoms with Gasteiger partial charge in [0, 0.05) is 12.6 Å². The van der Waals surface area contributed by atoms with E-state index in [0.717, 1.165) is 0 Å². The third-order valence-electron chi connectivity index (χ3n) is 0.941. The zero-order valence-electron chi connectivity index (χ0n) is 6.55. The molecule has 0 spiro atoms. The summed E-state index contributed by atoms with van der Waals surface area (Å²) in [5, 5.41) is 2.51. The molecule has 0 rings (SSSR count). The fraction of sp³-hybridized carbons (Fsp3) is 0.125. The lowest BCUT2D eigenvalue weighted by atomic mass is 10.3. The number of nitrogens with one attached hydrogen (secondary N) is 1. The van der Waals surface area contributed by atoms with Crippen molar-refractivity contribution in [2.24, 2.45) is 5.73 Å². The first-order valence-corrected chi connectivity index (χ1v) is 3.13. The predicted octanol–water partition coefficient (Wildman–Crippen LogP) is 0.665. The third-order valence-corrected chi connectivity index (χ3v) is 0.941. The minimum absolute atomic E-state index is 0.176. The lowest BCUT2D eigenvalue weighted by molar-refractivity contribution is -0.118. The molecule has 0 aromatic rings. The van der Waals surface area contributed by atoms with Gasteiger partial charge in [-0.3, -0.25) is 4.79 Å². The number of nitrogens with two attached hydrogens (primary N) is 1. The smallest absolute Gasteiger partial charge is 0.221 e. The van der Waals surface area contributed by atoms with Gasteiger partial charge in [0.15, 0.2) is 0 Å². The molecule has 3 heteroatoms. The van der Waals surface area contributed by atoms with Crippen LogP contribution in [0.25, 0.3) is 0 Å². The zero-order chi connectivity index (χ0) is 8.85. The van der Waals surface area contributed by atoms with E-state index < -0.39 is 0 Å². The molecule has 0 unspecified atom stereocenters. The van der Waals surface area contributed by atoms with Crippen molar-refractivity contribution in [3.8, 4) is 0 Å². The summed E-state index contributed by atoms with van der Waals surface area (Å²) in [5.74, 6) is -0.176. The minimum atomic E-state index is -0.176. The average molecular weight is 152 g/mol. The van der Waals surface area contributed by atoms with Gasteiger partial charge in [0.2, 0.25) is 5.91 Å². The van der Waals surface area contributed by atoms with Gasteiger partial charge in [-0.1, -0.05) is 19.2 Å². The topological polar surface area (TPSA) is 55.1 Å². The Balaban J connectivity index is 4.35. The van der Waals surface area contributed by atoms with Crippen molar-refractivity contribution in [3.63, 3.8) is 0 Å². The van der Waals surface area contributed by atoms with Crippen LogP contribution < -0.4 is 11.1 Å². The summed E-state index contributed by atoms with van der Waals surface area (Å²) < 4.78 is 0. The van der Waals surface area contributed by atoms with E-state index in [1.54, 1.807) is 6.08 Å². The van der Waals surface area contributed by atoms with Crippen molar-refractivity contribution in [2.45, 2.75) is 6.92 Å². The van der Waals surface area contributed by atoms with E-state index >= 15 is 0 Å². The number of allylic oxidation sites excluding steroid dienone is 2. The third kappa shape index (κ3) is 3.97. The van der Waals surface area contributed by atoms with Crippen LogP contribution in [0.3, 0.4) is 0 Å². The average Bonchev–Trinajstić information content (AvgIpc) is 1.86. The summed E-state index contributed by atoms with van der Waals surface area (Å²) in [6.45, 7) is 8.34. The van der Waals surface area contributed by atoms with Crippen molar-refractivity contribution in [1.82, 2.24) is 5.32 Å². The highest BCUT2D eigenvalue weighted by molar-refractivity contribution is 5.75. The molecule has 0 fully saturated rings. The van der Waals surface area contributed by atoms with Crippen LogP contribution in [-0.4, -0.2) is 5.91 Å². The number of carbonyl (C=O) groups excluding carboxylic acids is 1. The monoisotopic (exact) mass is 152 g/mol. The molecule has 3 N–H and O–H groups in total. The number of hydrogen-bond acceptors (Lipinski definition) is 2. The number of carbonyl (C=O) groups is 1. The first kappa shape index (κ1) is 9.49. The van der Waals surface area contributed by atoms with E-state index in [0.29, 0.717) is 11.4 Å². The molecule has 0 aliphatic carbocycles. The normalized spacial score (nSPS) is 10.5. The molecule has 0 heterocycles. The molecule has 1 amide bonds. The maximum Gasteiger partial charge on any atom is 0.221 e. The molecular weight excluding hydrogens is 140 g/mol. The SMILES string of the molecule is C=C/C=C(/NC(C)=O)C(=C)N. The molecule has 0 aromatic carbocycles. The van der Waals surface area contributed by atoms with Gasteiger partial charge >= 0.3 is 0 Å². The molecule has 0 aliphatic rings. The van der Waals surface area contributed by atoms with Crippen LogP contribution in [0.4, 0.5) is 0 Å². The Bertz CT molecular complexity index is 216. The van der Waals surface area contributed by atoms with E-state index in [1.807, 2.05) is 0 Å². The Kier molecular flexibility index (Phi) is 3.73. The quantitative estimate of drug-likeness (QED) is 0.584. The zero-order valence-corrected chi connectivity index (χ0v) is 6.55. The molecule has 0 saturated carbocycles. The molecule has 60 valence electrons. The van der Waals surface area contributed by atoms with Crippen molar-refractivity contribution in [2.75, 3.05) is 0 Å². The summed E-state index contributed by atoms with van der Waals surface area (Å²) in [6.07, 6.45) is 3.12. The Morgan fingerprint density at radius 2 is 2.18 bits per heavy atom. The summed E-state index contributed by atoms with van der Waals surface area (Å²) in [6, 6.07) is 0. The van der Waals surface area contributed by atoms with Crippen molar-refractivity contribution < 1.29 is 4.79 Å². The maximum absolute atomic E-state index is 10.6. The molecule has 0 atom stereocenters. The van der Waals surface area contributed by atoms with Crippen molar-refractivity contribution in [1.29, 1.82) is 0 Å². The summed E-state index contributed by atoms with van der Waals surface area (Å²) in [4.78, 5) is 10.6. The van der Waals surface area contributed by atoms with E-state index in [2.05, 4.69) is 18.5 Å². The van der Waals surface area contributed by atoms with Gasteiger partial charge in [-0.15, -0.1) is 0 Å². The van der Waals surface area contributed by atoms with E-state index in [4.69, 9.17) is 5.73 Å². The van der Waals surface area contributed by atoms with Gasteiger partial charge in [0.05, 0.1) is 5.70 Å². The molecule has 0 aromatic heterocycles. The lowest BCUT2D eigenvalue weighted by Crippen LogP contribution is -2.22. The van der Waals surface area contributed by atoms with Crippen LogP contribution in [0, 0.1) is 0 Å². The summed E-state index contributed by atoms with van der Waals surface area (Å²) in [5.41, 5.74) is 6.16. The Labute approximate surface area is 66.3 Å². The highest BCUT2D eigenvalue weighted by Crippen LogP contribution is 1.96. The van der Waals surface area contributed by atoms with Crippen LogP contribution in [-0.2, 0) is 4.79 Å². The molecule has 0 saturated heterocycles. The van der Waals surface area contributed by atoms with Crippen LogP contribution in [0.2, 0.25) is 0 Å². The first-order chi connectivity index (χ1) is 5.07. The summed E-state index contributed by atoms with van der Waals surface area (Å²) in [7, 11) is 0. The lowest BCUT2D eigenvalue weighted by Gasteiger charge is -2.04. The predicted molar refractivity (Wildman–Crippen MR) is 45.4 cm³/mol. The van der Waals surface area contributed by atoms with Crippen molar-refractivity contribution in [3.05, 3.63) is 36.7 Å². The molecule has 3 nitrogen and oxygen atoms in total. The van der Waals surface area contributed by atoms with Gasteiger partial charge in [0.25, 0.3) is 0 Å². The van der Waals surface area contributed by atoms with E-state index in [9.17, 15) is 4.79 Å². The molecule has 11 heavy (non-hydrogen) atoms. The number of hydrogen-bond donors (Lipinski definition) is 2. The Morgan fingerprint density at radius 1 is 1.64 bits per heavy atom. The largest absolute Gasteiger partial charge is 0.398 e. The van der Waals surface area contributed by atoms with Crippen LogP contribution in [0.5, 0.6) is 0 Å². The second-order valence-corrected chi connectivity index (χ2v) is 2.02. The van der Waals surface area contributed by atoms with E-state index in [-0.39, 0.29) is 5.91 Å². The molecule has 0 bridgehead atoms. The van der Waals surface area contributed by atoms with Crippen LogP contribution in [0.1, 0.15) is 6.92 Å². The first-order valence-electron chi connectivity index (χ1n) is 3.13. The van der Waals surface area contributed by atoms with Gasteiger partial charge in [-0.25, -0.2) is 0 Å². The second kappa shape index (κ2) is 4.33. The van der Waals surface area contributed by atoms with Gasteiger partial charge < -0.3 is 11.1 Å². The summed E-state index contributed by atoms with van der Waals surface area (Å²) >= 11 is 0. The second-order valence-electron chi connectivity index (χ2n) is 2.02. The van der Waals surface area contributed by atoms with Gasteiger partial charge in [0.1, 0.15) is 0 Å². The minimum Gasteiger partial charge on any atom is -0.398 e. The van der Waals surface area contributed by atoms with Crippen LogP contribution in [0.15, 0.2) is 36.7 Å². The fourth-order valence-electron chi connectivity index (χ4n) is 0.536. The van der Waals surface area contributed by atoms with Gasteiger partial charge in [-0.05, 0) is 6.08 Å². The number of rotatable bonds is 3. The maximum atomic E-state index is 10.6. The number of amides is 1. The highest BCUT2D eigenvalue weighted by Gasteiger charge is 1.97. The fourth-order valence-corrected chi connectivity index (χ4v) is 0.536. The van der Waals surface area contributed by atoms with Crippen molar-refractivity contribution >= 4 is 5.91 Å². The Morgan fingerprint density at radius 3 is 2.45 bits per heavy atom. The van der Waals surface area contributed by atoms with Gasteiger partial charge in [-0.2, -0.15) is 0 Å². The molecule has 0 aliphatic heterocycles. The highest BCUT2D eigenvalue weighted by atomic mass is 16.1. The van der Waals surface area contributed by atoms with Crippen LogP contribution >= 0.6 is 0 Å². The molecule has 0 radical (unpaired) electrons. The van der Waals surface area contributed by atoms with E-state index in [1.165, 1.54) is 13.0 Å².